The summed E-state index contributed by atoms with van der Waals surface area (Å²) in [5.74, 6) is 0.251. The number of carbonyl (C=O) groups excluding carboxylic acids is 1. The zero-order valence-electron chi connectivity index (χ0n) is 15.5. The van der Waals surface area contributed by atoms with E-state index < -0.39 is 0 Å². The standard InChI is InChI=1S/C21H28N2O2/c1-21(2,17-8-6-5-7-9-17)15-22-20(25)19(23(3)4)14-16-10-12-18(24)13-11-16/h5-13,19,24H,14-15H2,1-4H3,(H,22,25). The summed E-state index contributed by atoms with van der Waals surface area (Å²) in [5.41, 5.74) is 2.09. The number of benzene rings is 2. The van der Waals surface area contributed by atoms with Gasteiger partial charge in [-0.3, -0.25) is 9.69 Å². The SMILES string of the molecule is CN(C)C(Cc1ccc(O)cc1)C(=O)NCC(C)(C)c1ccccc1. The quantitative estimate of drug-likeness (QED) is 0.815. The van der Waals surface area contributed by atoms with Crippen molar-refractivity contribution in [2.45, 2.75) is 31.7 Å². The maximum absolute atomic E-state index is 12.7. The molecule has 2 rings (SSSR count). The first-order chi connectivity index (χ1) is 11.8. The van der Waals surface area contributed by atoms with Crippen LogP contribution in [0.5, 0.6) is 5.75 Å². The van der Waals surface area contributed by atoms with E-state index in [0.717, 1.165) is 5.56 Å². The Morgan fingerprint density at radius 3 is 2.24 bits per heavy atom. The molecule has 0 aliphatic carbocycles. The molecule has 0 saturated heterocycles. The van der Waals surface area contributed by atoms with Gasteiger partial charge in [-0.25, -0.2) is 0 Å². The highest BCUT2D eigenvalue weighted by atomic mass is 16.3. The molecular weight excluding hydrogens is 312 g/mol. The molecule has 1 amide bonds. The van der Waals surface area contributed by atoms with Crippen LogP contribution >= 0.6 is 0 Å². The molecule has 134 valence electrons. The summed E-state index contributed by atoms with van der Waals surface area (Å²) in [5, 5.41) is 12.5. The summed E-state index contributed by atoms with van der Waals surface area (Å²) in [6, 6.07) is 17.0. The molecule has 4 nitrogen and oxygen atoms in total. The summed E-state index contributed by atoms with van der Waals surface area (Å²) >= 11 is 0. The average molecular weight is 340 g/mol. The van der Waals surface area contributed by atoms with E-state index in [1.165, 1.54) is 5.56 Å². The number of phenolic OH excluding ortho intramolecular Hbond substituents is 1. The molecule has 0 spiro atoms. The number of aromatic hydroxyl groups is 1. The van der Waals surface area contributed by atoms with E-state index in [1.807, 2.05) is 49.3 Å². The van der Waals surface area contributed by atoms with E-state index in [4.69, 9.17) is 0 Å². The van der Waals surface area contributed by atoms with Gasteiger partial charge in [-0.1, -0.05) is 56.3 Å². The van der Waals surface area contributed by atoms with Gasteiger partial charge in [0.1, 0.15) is 5.75 Å². The van der Waals surface area contributed by atoms with E-state index in [1.54, 1.807) is 12.1 Å². The van der Waals surface area contributed by atoms with Gasteiger partial charge in [-0.2, -0.15) is 0 Å². The second-order valence-corrected chi connectivity index (χ2v) is 7.32. The monoisotopic (exact) mass is 340 g/mol. The third-order valence-corrected chi connectivity index (χ3v) is 4.55. The van der Waals surface area contributed by atoms with Gasteiger partial charge in [-0.15, -0.1) is 0 Å². The first-order valence-electron chi connectivity index (χ1n) is 8.57. The molecule has 1 unspecified atom stereocenters. The predicted molar refractivity (Wildman–Crippen MR) is 102 cm³/mol. The second kappa shape index (κ2) is 8.17. The van der Waals surface area contributed by atoms with Crippen molar-refractivity contribution < 1.29 is 9.90 Å². The van der Waals surface area contributed by atoms with Crippen LogP contribution in [0.25, 0.3) is 0 Å². The Kier molecular flexibility index (Phi) is 6.21. The second-order valence-electron chi connectivity index (χ2n) is 7.32. The van der Waals surface area contributed by atoms with E-state index in [9.17, 15) is 9.90 Å². The Balaban J connectivity index is 2.01. The van der Waals surface area contributed by atoms with E-state index in [-0.39, 0.29) is 23.1 Å². The lowest BCUT2D eigenvalue weighted by Crippen LogP contribution is -2.48. The van der Waals surface area contributed by atoms with Crippen molar-refractivity contribution in [3.8, 4) is 5.75 Å². The Morgan fingerprint density at radius 2 is 1.68 bits per heavy atom. The number of nitrogens with zero attached hydrogens (tertiary/aromatic N) is 1. The van der Waals surface area contributed by atoms with Gasteiger partial charge in [0.25, 0.3) is 0 Å². The number of likely N-dealkylation sites (N-methyl/N-ethyl adjacent to an activating group) is 1. The van der Waals surface area contributed by atoms with Crippen LogP contribution in [-0.4, -0.2) is 42.6 Å². The van der Waals surface area contributed by atoms with Crippen LogP contribution in [-0.2, 0) is 16.6 Å². The molecule has 2 aromatic rings. The first kappa shape index (κ1) is 19.0. The van der Waals surface area contributed by atoms with Gasteiger partial charge < -0.3 is 10.4 Å². The molecule has 0 fully saturated rings. The van der Waals surface area contributed by atoms with Crippen molar-refractivity contribution in [1.29, 1.82) is 0 Å². The fourth-order valence-electron chi connectivity index (χ4n) is 2.78. The van der Waals surface area contributed by atoms with E-state index >= 15 is 0 Å². The highest BCUT2D eigenvalue weighted by Crippen LogP contribution is 2.22. The number of nitrogens with one attached hydrogen (secondary N) is 1. The lowest BCUT2D eigenvalue weighted by Gasteiger charge is -2.29. The summed E-state index contributed by atoms with van der Waals surface area (Å²) in [4.78, 5) is 14.7. The lowest BCUT2D eigenvalue weighted by molar-refractivity contribution is -0.125. The molecule has 0 bridgehead atoms. The molecule has 2 aromatic carbocycles. The van der Waals surface area contributed by atoms with Crippen molar-refractivity contribution in [3.05, 3.63) is 65.7 Å². The topological polar surface area (TPSA) is 52.6 Å². The number of rotatable bonds is 7. The van der Waals surface area contributed by atoms with Crippen LogP contribution in [0.15, 0.2) is 54.6 Å². The number of phenols is 1. The fourth-order valence-corrected chi connectivity index (χ4v) is 2.78. The lowest BCUT2D eigenvalue weighted by atomic mass is 9.84. The minimum Gasteiger partial charge on any atom is -0.508 e. The van der Waals surface area contributed by atoms with Crippen LogP contribution in [0.4, 0.5) is 0 Å². The van der Waals surface area contributed by atoms with Gasteiger partial charge >= 0.3 is 0 Å². The molecule has 0 saturated carbocycles. The highest BCUT2D eigenvalue weighted by molar-refractivity contribution is 5.82. The molecule has 0 aliphatic heterocycles. The largest absolute Gasteiger partial charge is 0.508 e. The zero-order chi connectivity index (χ0) is 18.4. The molecule has 0 aromatic heterocycles. The molecule has 2 N–H and O–H groups in total. The number of hydrogen-bond acceptors (Lipinski definition) is 3. The summed E-state index contributed by atoms with van der Waals surface area (Å²) < 4.78 is 0. The van der Waals surface area contributed by atoms with Crippen molar-refractivity contribution in [2.24, 2.45) is 0 Å². The fraction of sp³-hybridized carbons (Fsp3) is 0.381. The van der Waals surface area contributed by atoms with Gasteiger partial charge in [0.05, 0.1) is 6.04 Å². The minimum absolute atomic E-state index is 0.0158. The maximum atomic E-state index is 12.7. The number of amides is 1. The molecule has 25 heavy (non-hydrogen) atoms. The minimum atomic E-state index is -0.254. The van der Waals surface area contributed by atoms with Crippen molar-refractivity contribution in [3.63, 3.8) is 0 Å². The predicted octanol–water partition coefficient (Wildman–Crippen LogP) is 2.96. The number of carbonyl (C=O) groups is 1. The molecule has 1 atom stereocenters. The maximum Gasteiger partial charge on any atom is 0.237 e. The molecule has 0 heterocycles. The van der Waals surface area contributed by atoms with Gasteiger partial charge in [0.15, 0.2) is 0 Å². The normalized spacial score (nSPS) is 12.8. The summed E-state index contributed by atoms with van der Waals surface area (Å²) in [6.45, 7) is 4.84. The van der Waals surface area contributed by atoms with Crippen molar-refractivity contribution >= 4 is 5.91 Å². The summed E-state index contributed by atoms with van der Waals surface area (Å²) in [6.07, 6.45) is 0.602. The average Bonchev–Trinajstić information content (AvgIpc) is 2.60. The molecular formula is C21H28N2O2. The Morgan fingerprint density at radius 1 is 1.08 bits per heavy atom. The van der Waals surface area contributed by atoms with Crippen LogP contribution < -0.4 is 5.32 Å². The van der Waals surface area contributed by atoms with Gasteiger partial charge in [-0.05, 0) is 43.8 Å². The Labute approximate surface area is 150 Å². The van der Waals surface area contributed by atoms with Crippen LogP contribution in [0, 0.1) is 0 Å². The molecule has 0 aliphatic rings. The zero-order valence-corrected chi connectivity index (χ0v) is 15.5. The first-order valence-corrected chi connectivity index (χ1v) is 8.57. The van der Waals surface area contributed by atoms with Crippen molar-refractivity contribution in [1.82, 2.24) is 10.2 Å². The van der Waals surface area contributed by atoms with Gasteiger partial charge in [0, 0.05) is 12.0 Å². The van der Waals surface area contributed by atoms with Crippen LogP contribution in [0.3, 0.4) is 0 Å². The third kappa shape index (κ3) is 5.33. The van der Waals surface area contributed by atoms with Gasteiger partial charge in [0.2, 0.25) is 5.91 Å². The molecule has 0 radical (unpaired) electrons. The molecule has 4 heteroatoms. The van der Waals surface area contributed by atoms with E-state index in [2.05, 4.69) is 31.3 Å². The van der Waals surface area contributed by atoms with Crippen LogP contribution in [0.1, 0.15) is 25.0 Å². The van der Waals surface area contributed by atoms with Crippen LogP contribution in [0.2, 0.25) is 0 Å². The van der Waals surface area contributed by atoms with Crippen molar-refractivity contribution in [2.75, 3.05) is 20.6 Å². The summed E-state index contributed by atoms with van der Waals surface area (Å²) in [7, 11) is 3.82. The third-order valence-electron chi connectivity index (χ3n) is 4.55. The smallest absolute Gasteiger partial charge is 0.237 e. The Bertz CT molecular complexity index is 679. The highest BCUT2D eigenvalue weighted by Gasteiger charge is 2.25. The number of hydrogen-bond donors (Lipinski definition) is 2. The Hall–Kier alpha value is -2.33. The van der Waals surface area contributed by atoms with E-state index in [0.29, 0.717) is 13.0 Å².